The lowest BCUT2D eigenvalue weighted by Gasteiger charge is -2.37. The Morgan fingerprint density at radius 3 is 1.92 bits per heavy atom. The Hall–Kier alpha value is -0.0400. The SMILES string of the molecule is C1CCNC2(CC1)CCCCC2. The van der Waals surface area contributed by atoms with Gasteiger partial charge in [0.2, 0.25) is 0 Å². The van der Waals surface area contributed by atoms with Crippen LogP contribution in [-0.2, 0) is 0 Å². The molecule has 70 valence electrons. The van der Waals surface area contributed by atoms with E-state index in [0.717, 1.165) is 0 Å². The number of nitrogens with one attached hydrogen (secondary N) is 1. The molecule has 0 aromatic carbocycles. The zero-order valence-corrected chi connectivity index (χ0v) is 8.07. The third-order valence-electron chi connectivity index (χ3n) is 3.64. The topological polar surface area (TPSA) is 12.0 Å². The van der Waals surface area contributed by atoms with Gasteiger partial charge in [0, 0.05) is 5.54 Å². The first-order valence-corrected chi connectivity index (χ1v) is 5.66. The van der Waals surface area contributed by atoms with Crippen molar-refractivity contribution in [2.24, 2.45) is 0 Å². The van der Waals surface area contributed by atoms with E-state index >= 15 is 0 Å². The van der Waals surface area contributed by atoms with Crippen molar-refractivity contribution in [2.75, 3.05) is 6.54 Å². The van der Waals surface area contributed by atoms with Crippen LogP contribution in [0.4, 0.5) is 0 Å². The predicted octanol–water partition coefficient (Wildman–Crippen LogP) is 2.85. The van der Waals surface area contributed by atoms with Gasteiger partial charge in [-0.25, -0.2) is 0 Å². The first kappa shape index (κ1) is 8.55. The van der Waals surface area contributed by atoms with E-state index in [0.29, 0.717) is 5.54 Å². The number of hydrogen-bond acceptors (Lipinski definition) is 1. The molecule has 1 N–H and O–H groups in total. The van der Waals surface area contributed by atoms with Gasteiger partial charge >= 0.3 is 0 Å². The van der Waals surface area contributed by atoms with E-state index in [2.05, 4.69) is 5.32 Å². The highest BCUT2D eigenvalue weighted by molar-refractivity contribution is 4.91. The Kier molecular flexibility index (Phi) is 2.69. The second-order valence-electron chi connectivity index (χ2n) is 4.58. The minimum atomic E-state index is 0.592. The third kappa shape index (κ3) is 1.82. The van der Waals surface area contributed by atoms with Crippen LogP contribution in [0.15, 0.2) is 0 Å². The van der Waals surface area contributed by atoms with Crippen molar-refractivity contribution < 1.29 is 0 Å². The van der Waals surface area contributed by atoms with Crippen LogP contribution in [-0.4, -0.2) is 12.1 Å². The Morgan fingerprint density at radius 1 is 0.667 bits per heavy atom. The average molecular weight is 167 g/mol. The molecule has 1 heterocycles. The summed E-state index contributed by atoms with van der Waals surface area (Å²) < 4.78 is 0. The molecule has 0 bridgehead atoms. The molecule has 1 saturated heterocycles. The molecule has 0 aromatic rings. The van der Waals surface area contributed by atoms with E-state index in [1.807, 2.05) is 0 Å². The quantitative estimate of drug-likeness (QED) is 0.585. The van der Waals surface area contributed by atoms with Crippen molar-refractivity contribution in [1.82, 2.24) is 5.32 Å². The van der Waals surface area contributed by atoms with Crippen molar-refractivity contribution in [3.63, 3.8) is 0 Å². The van der Waals surface area contributed by atoms with Gasteiger partial charge in [-0.2, -0.15) is 0 Å². The molecule has 2 rings (SSSR count). The van der Waals surface area contributed by atoms with E-state index in [-0.39, 0.29) is 0 Å². The fourth-order valence-corrected chi connectivity index (χ4v) is 2.86. The lowest BCUT2D eigenvalue weighted by atomic mass is 9.79. The van der Waals surface area contributed by atoms with Gasteiger partial charge in [-0.1, -0.05) is 32.1 Å². The minimum Gasteiger partial charge on any atom is -0.311 e. The molecule has 1 heteroatoms. The molecule has 2 fully saturated rings. The van der Waals surface area contributed by atoms with Crippen LogP contribution in [0.3, 0.4) is 0 Å². The minimum absolute atomic E-state index is 0.592. The molecule has 0 unspecified atom stereocenters. The summed E-state index contributed by atoms with van der Waals surface area (Å²) in [7, 11) is 0. The average Bonchev–Trinajstić information content (AvgIpc) is 2.33. The predicted molar refractivity (Wildman–Crippen MR) is 52.3 cm³/mol. The molecular weight excluding hydrogens is 146 g/mol. The zero-order chi connectivity index (χ0) is 8.28. The molecule has 2 aliphatic rings. The molecule has 0 amide bonds. The van der Waals surface area contributed by atoms with Crippen molar-refractivity contribution in [3.05, 3.63) is 0 Å². The van der Waals surface area contributed by atoms with Crippen LogP contribution in [0.1, 0.15) is 57.8 Å². The Morgan fingerprint density at radius 2 is 1.25 bits per heavy atom. The van der Waals surface area contributed by atoms with Crippen LogP contribution < -0.4 is 5.32 Å². The molecule has 1 spiro atoms. The summed E-state index contributed by atoms with van der Waals surface area (Å²) in [6, 6.07) is 0. The Bertz CT molecular complexity index is 126. The van der Waals surface area contributed by atoms with Crippen LogP contribution in [0, 0.1) is 0 Å². The molecule has 0 atom stereocenters. The normalized spacial score (nSPS) is 30.0. The van der Waals surface area contributed by atoms with Gasteiger partial charge in [-0.05, 0) is 32.2 Å². The van der Waals surface area contributed by atoms with Crippen LogP contribution in [0.25, 0.3) is 0 Å². The molecule has 0 radical (unpaired) electrons. The fourth-order valence-electron chi connectivity index (χ4n) is 2.86. The van der Waals surface area contributed by atoms with E-state index in [1.54, 1.807) is 0 Å². The monoisotopic (exact) mass is 167 g/mol. The number of rotatable bonds is 0. The second kappa shape index (κ2) is 3.78. The van der Waals surface area contributed by atoms with Crippen molar-refractivity contribution in [2.45, 2.75) is 63.3 Å². The van der Waals surface area contributed by atoms with E-state index in [9.17, 15) is 0 Å². The summed E-state index contributed by atoms with van der Waals surface area (Å²) in [5.41, 5.74) is 0.592. The van der Waals surface area contributed by atoms with Gasteiger partial charge in [-0.3, -0.25) is 0 Å². The first-order chi connectivity index (χ1) is 5.91. The van der Waals surface area contributed by atoms with Crippen LogP contribution in [0.5, 0.6) is 0 Å². The molecule has 0 aromatic heterocycles. The second-order valence-corrected chi connectivity index (χ2v) is 4.58. The third-order valence-corrected chi connectivity index (χ3v) is 3.64. The molecule has 12 heavy (non-hydrogen) atoms. The highest BCUT2D eigenvalue weighted by Gasteiger charge is 2.31. The fraction of sp³-hybridized carbons (Fsp3) is 1.00. The molecule has 1 saturated carbocycles. The van der Waals surface area contributed by atoms with E-state index in [4.69, 9.17) is 0 Å². The number of hydrogen-bond donors (Lipinski definition) is 1. The lowest BCUT2D eigenvalue weighted by molar-refractivity contribution is 0.225. The highest BCUT2D eigenvalue weighted by Crippen LogP contribution is 2.33. The van der Waals surface area contributed by atoms with Gasteiger partial charge in [0.15, 0.2) is 0 Å². The summed E-state index contributed by atoms with van der Waals surface area (Å²) in [5.74, 6) is 0. The van der Waals surface area contributed by atoms with E-state index < -0.39 is 0 Å². The van der Waals surface area contributed by atoms with Crippen molar-refractivity contribution >= 4 is 0 Å². The highest BCUT2D eigenvalue weighted by atomic mass is 15.0. The summed E-state index contributed by atoms with van der Waals surface area (Å²) >= 11 is 0. The maximum atomic E-state index is 3.80. The first-order valence-electron chi connectivity index (χ1n) is 5.66. The van der Waals surface area contributed by atoms with Crippen LogP contribution >= 0.6 is 0 Å². The van der Waals surface area contributed by atoms with E-state index in [1.165, 1.54) is 64.3 Å². The molecule has 1 nitrogen and oxygen atoms in total. The summed E-state index contributed by atoms with van der Waals surface area (Å²) in [6.45, 7) is 1.28. The maximum Gasteiger partial charge on any atom is 0.0181 e. The molecule has 1 aliphatic heterocycles. The maximum absolute atomic E-state index is 3.80. The Balaban J connectivity index is 1.95. The van der Waals surface area contributed by atoms with Crippen LogP contribution in [0.2, 0.25) is 0 Å². The van der Waals surface area contributed by atoms with Crippen molar-refractivity contribution in [1.29, 1.82) is 0 Å². The van der Waals surface area contributed by atoms with Gasteiger partial charge in [0.1, 0.15) is 0 Å². The Labute approximate surface area is 75.9 Å². The summed E-state index contributed by atoms with van der Waals surface area (Å²) in [4.78, 5) is 0. The largest absolute Gasteiger partial charge is 0.311 e. The molecule has 1 aliphatic carbocycles. The molecular formula is C11H21N. The van der Waals surface area contributed by atoms with Gasteiger partial charge < -0.3 is 5.32 Å². The smallest absolute Gasteiger partial charge is 0.0181 e. The standard InChI is InChI=1S/C11H21N/c1-3-7-11(8-4-1)9-5-2-6-10-12-11/h12H,1-10H2. The summed E-state index contributed by atoms with van der Waals surface area (Å²) in [6.07, 6.45) is 13.1. The zero-order valence-electron chi connectivity index (χ0n) is 8.07. The summed E-state index contributed by atoms with van der Waals surface area (Å²) in [5, 5.41) is 3.80. The lowest BCUT2D eigenvalue weighted by Crippen LogP contribution is -2.45. The van der Waals surface area contributed by atoms with Gasteiger partial charge in [0.25, 0.3) is 0 Å². The van der Waals surface area contributed by atoms with Crippen molar-refractivity contribution in [3.8, 4) is 0 Å². The van der Waals surface area contributed by atoms with Gasteiger partial charge in [0.05, 0.1) is 0 Å². The van der Waals surface area contributed by atoms with Gasteiger partial charge in [-0.15, -0.1) is 0 Å².